The summed E-state index contributed by atoms with van der Waals surface area (Å²) in [6, 6.07) is 4.24. The maximum atomic E-state index is 11.9. The second kappa shape index (κ2) is 6.69. The molecule has 108 valence electrons. The lowest BCUT2D eigenvalue weighted by atomic mass is 10.2. The summed E-state index contributed by atoms with van der Waals surface area (Å²) in [4.78, 5) is 24.7. The fourth-order valence-electron chi connectivity index (χ4n) is 2.01. The van der Waals surface area contributed by atoms with Crippen molar-refractivity contribution in [2.24, 2.45) is 0 Å². The molecule has 1 fully saturated rings. The Morgan fingerprint density at radius 3 is 2.65 bits per heavy atom. The number of carboxylic acids is 1. The van der Waals surface area contributed by atoms with Crippen molar-refractivity contribution >= 4 is 29.2 Å². The topological polar surface area (TPSA) is 81.7 Å². The van der Waals surface area contributed by atoms with Gasteiger partial charge in [0.25, 0.3) is 0 Å². The van der Waals surface area contributed by atoms with Crippen molar-refractivity contribution in [3.05, 3.63) is 28.8 Å². The predicted octanol–water partition coefficient (Wildman–Crippen LogP) is 0.882. The Morgan fingerprint density at radius 1 is 1.35 bits per heavy atom. The van der Waals surface area contributed by atoms with Gasteiger partial charge in [-0.1, -0.05) is 11.6 Å². The third-order valence-electron chi connectivity index (χ3n) is 3.07. The van der Waals surface area contributed by atoms with E-state index in [2.05, 4.69) is 10.6 Å². The molecule has 1 aliphatic heterocycles. The summed E-state index contributed by atoms with van der Waals surface area (Å²) in [6.07, 6.45) is 0. The maximum absolute atomic E-state index is 11.9. The number of amides is 1. The average molecular weight is 298 g/mol. The van der Waals surface area contributed by atoms with Gasteiger partial charge >= 0.3 is 5.97 Å². The van der Waals surface area contributed by atoms with E-state index >= 15 is 0 Å². The fourth-order valence-corrected chi connectivity index (χ4v) is 2.24. The lowest BCUT2D eigenvalue weighted by Crippen LogP contribution is -2.46. The molecular weight excluding hydrogens is 282 g/mol. The Hall–Kier alpha value is -1.63. The largest absolute Gasteiger partial charge is 0.478 e. The third kappa shape index (κ3) is 3.93. The minimum atomic E-state index is -1.05. The molecule has 0 unspecified atom stereocenters. The number of nitrogens with one attached hydrogen (secondary N) is 2. The van der Waals surface area contributed by atoms with Crippen LogP contribution in [0.3, 0.4) is 0 Å². The first-order chi connectivity index (χ1) is 9.56. The van der Waals surface area contributed by atoms with Crippen LogP contribution < -0.4 is 10.6 Å². The van der Waals surface area contributed by atoms with Gasteiger partial charge in [-0.05, 0) is 18.2 Å². The summed E-state index contributed by atoms with van der Waals surface area (Å²) in [7, 11) is 0. The molecule has 0 radical (unpaired) electrons. The first kappa shape index (κ1) is 14.8. The van der Waals surface area contributed by atoms with Crippen LogP contribution in [0.1, 0.15) is 10.4 Å². The number of benzene rings is 1. The minimum Gasteiger partial charge on any atom is -0.478 e. The monoisotopic (exact) mass is 297 g/mol. The number of anilines is 1. The van der Waals surface area contributed by atoms with Gasteiger partial charge in [0.1, 0.15) is 0 Å². The lowest BCUT2D eigenvalue weighted by molar-refractivity contribution is -0.117. The number of rotatable bonds is 4. The highest BCUT2D eigenvalue weighted by Gasteiger charge is 2.15. The smallest absolute Gasteiger partial charge is 0.335 e. The van der Waals surface area contributed by atoms with E-state index in [0.29, 0.717) is 12.2 Å². The van der Waals surface area contributed by atoms with Crippen molar-refractivity contribution < 1.29 is 14.7 Å². The number of carbonyl (C=O) groups is 2. The summed E-state index contributed by atoms with van der Waals surface area (Å²) >= 11 is 5.96. The quantitative estimate of drug-likeness (QED) is 0.769. The molecule has 0 bridgehead atoms. The molecule has 2 rings (SSSR count). The fraction of sp³-hybridized carbons (Fsp3) is 0.385. The van der Waals surface area contributed by atoms with E-state index in [0.717, 1.165) is 26.2 Å². The van der Waals surface area contributed by atoms with Gasteiger partial charge in [0.2, 0.25) is 5.91 Å². The molecule has 1 aromatic rings. The van der Waals surface area contributed by atoms with Crippen LogP contribution in [-0.4, -0.2) is 54.6 Å². The van der Waals surface area contributed by atoms with Gasteiger partial charge in [0.05, 0.1) is 22.8 Å². The van der Waals surface area contributed by atoms with Crippen molar-refractivity contribution in [2.75, 3.05) is 38.0 Å². The molecule has 0 aromatic heterocycles. The highest BCUT2D eigenvalue weighted by Crippen LogP contribution is 2.23. The lowest BCUT2D eigenvalue weighted by Gasteiger charge is -2.26. The van der Waals surface area contributed by atoms with Gasteiger partial charge in [-0.2, -0.15) is 0 Å². The van der Waals surface area contributed by atoms with Gasteiger partial charge in [0, 0.05) is 26.2 Å². The standard InChI is InChI=1S/C13H16ClN3O3/c14-10-7-9(13(19)20)1-2-11(10)16-12(18)8-17-5-3-15-4-6-17/h1-2,7,15H,3-6,8H2,(H,16,18)(H,19,20). The SMILES string of the molecule is O=C(CN1CCNCC1)Nc1ccc(C(=O)O)cc1Cl. The van der Waals surface area contributed by atoms with E-state index in [1.54, 1.807) is 0 Å². The molecular formula is C13H16ClN3O3. The van der Waals surface area contributed by atoms with Gasteiger partial charge in [-0.15, -0.1) is 0 Å². The zero-order valence-corrected chi connectivity index (χ0v) is 11.6. The van der Waals surface area contributed by atoms with Crippen molar-refractivity contribution in [3.63, 3.8) is 0 Å². The van der Waals surface area contributed by atoms with Crippen LogP contribution in [0.4, 0.5) is 5.69 Å². The second-order valence-corrected chi connectivity index (χ2v) is 4.98. The average Bonchev–Trinajstić information content (AvgIpc) is 2.42. The number of hydrogen-bond acceptors (Lipinski definition) is 4. The number of aromatic carboxylic acids is 1. The van der Waals surface area contributed by atoms with Gasteiger partial charge in [-0.25, -0.2) is 4.79 Å². The van der Waals surface area contributed by atoms with E-state index in [4.69, 9.17) is 16.7 Å². The molecule has 1 heterocycles. The van der Waals surface area contributed by atoms with Crippen LogP contribution in [-0.2, 0) is 4.79 Å². The molecule has 0 spiro atoms. The van der Waals surface area contributed by atoms with E-state index in [9.17, 15) is 9.59 Å². The van der Waals surface area contributed by atoms with Crippen molar-refractivity contribution in [3.8, 4) is 0 Å². The number of piperazine rings is 1. The number of carboxylic acid groups (broad SMARTS) is 1. The molecule has 1 saturated heterocycles. The molecule has 0 aliphatic carbocycles. The molecule has 1 aromatic carbocycles. The minimum absolute atomic E-state index is 0.0927. The van der Waals surface area contributed by atoms with Crippen molar-refractivity contribution in [2.45, 2.75) is 0 Å². The molecule has 3 N–H and O–H groups in total. The van der Waals surface area contributed by atoms with E-state index < -0.39 is 5.97 Å². The molecule has 20 heavy (non-hydrogen) atoms. The first-order valence-electron chi connectivity index (χ1n) is 6.32. The van der Waals surface area contributed by atoms with Crippen LogP contribution in [0.5, 0.6) is 0 Å². The molecule has 0 atom stereocenters. The van der Waals surface area contributed by atoms with E-state index in [-0.39, 0.29) is 16.5 Å². The van der Waals surface area contributed by atoms with Crippen LogP contribution in [0.2, 0.25) is 5.02 Å². The van der Waals surface area contributed by atoms with Crippen LogP contribution in [0.25, 0.3) is 0 Å². The predicted molar refractivity (Wildman–Crippen MR) is 76.4 cm³/mol. The third-order valence-corrected chi connectivity index (χ3v) is 3.38. The Labute approximate surface area is 121 Å². The van der Waals surface area contributed by atoms with E-state index in [1.807, 2.05) is 4.90 Å². The molecule has 1 amide bonds. The van der Waals surface area contributed by atoms with Crippen molar-refractivity contribution in [1.82, 2.24) is 10.2 Å². The number of halogens is 1. The molecule has 1 aliphatic rings. The number of nitrogens with zero attached hydrogens (tertiary/aromatic N) is 1. The number of carbonyl (C=O) groups excluding carboxylic acids is 1. The molecule has 7 heteroatoms. The normalized spacial score (nSPS) is 15.8. The second-order valence-electron chi connectivity index (χ2n) is 4.57. The Morgan fingerprint density at radius 2 is 2.05 bits per heavy atom. The van der Waals surface area contributed by atoms with Crippen LogP contribution in [0.15, 0.2) is 18.2 Å². The highest BCUT2D eigenvalue weighted by molar-refractivity contribution is 6.34. The zero-order valence-electron chi connectivity index (χ0n) is 10.9. The summed E-state index contributed by atoms with van der Waals surface area (Å²) < 4.78 is 0. The summed E-state index contributed by atoms with van der Waals surface area (Å²) in [5.74, 6) is -1.21. The Kier molecular flexibility index (Phi) is 4.94. The van der Waals surface area contributed by atoms with Crippen LogP contribution in [0, 0.1) is 0 Å². The summed E-state index contributed by atoms with van der Waals surface area (Å²) in [5.41, 5.74) is 0.520. The molecule has 6 nitrogen and oxygen atoms in total. The summed E-state index contributed by atoms with van der Waals surface area (Å²) in [6.45, 7) is 3.72. The van der Waals surface area contributed by atoms with Crippen LogP contribution >= 0.6 is 11.6 Å². The number of hydrogen-bond donors (Lipinski definition) is 3. The van der Waals surface area contributed by atoms with E-state index in [1.165, 1.54) is 18.2 Å². The van der Waals surface area contributed by atoms with Crippen molar-refractivity contribution in [1.29, 1.82) is 0 Å². The summed E-state index contributed by atoms with van der Waals surface area (Å²) in [5, 5.41) is 15.0. The highest BCUT2D eigenvalue weighted by atomic mass is 35.5. The van der Waals surface area contributed by atoms with Gasteiger partial charge in [0.15, 0.2) is 0 Å². The van der Waals surface area contributed by atoms with Gasteiger partial charge < -0.3 is 15.7 Å². The Balaban J connectivity index is 1.95. The zero-order chi connectivity index (χ0) is 14.5. The maximum Gasteiger partial charge on any atom is 0.335 e. The Bertz CT molecular complexity index is 516. The molecule has 0 saturated carbocycles. The van der Waals surface area contributed by atoms with Gasteiger partial charge in [-0.3, -0.25) is 9.69 Å². The first-order valence-corrected chi connectivity index (χ1v) is 6.70.